The molecule has 3 aromatic rings. The van der Waals surface area contributed by atoms with Crippen molar-refractivity contribution in [2.45, 2.75) is 16.0 Å². The summed E-state index contributed by atoms with van der Waals surface area (Å²) in [5.74, 6) is 0.00122. The maximum absolute atomic E-state index is 13.2. The second kappa shape index (κ2) is 16.1. The summed E-state index contributed by atoms with van der Waals surface area (Å²) >= 11 is 22.0. The predicted molar refractivity (Wildman–Crippen MR) is 137 cm³/mol. The maximum Gasteiger partial charge on any atom is 0.251 e. The smallest absolute Gasteiger partial charge is 0.251 e. The molecule has 0 fully saturated rings. The van der Waals surface area contributed by atoms with E-state index in [9.17, 15) is 8.78 Å². The van der Waals surface area contributed by atoms with Crippen LogP contribution in [0.2, 0.25) is 4.47 Å². The first-order valence-corrected chi connectivity index (χ1v) is 12.1. The second-order valence-corrected chi connectivity index (χ2v) is 11.1. The first-order valence-electron chi connectivity index (χ1n) is 8.16. The molecule has 0 aliphatic rings. The van der Waals surface area contributed by atoms with E-state index in [1.807, 2.05) is 0 Å². The third kappa shape index (κ3) is 13.9. The number of halogens is 8. The predicted octanol–water partition coefficient (Wildman–Crippen LogP) is 7.85. The van der Waals surface area contributed by atoms with Crippen molar-refractivity contribution >= 4 is 97.8 Å². The van der Waals surface area contributed by atoms with Gasteiger partial charge >= 0.3 is 0 Å². The molecule has 0 spiro atoms. The van der Waals surface area contributed by atoms with E-state index in [2.05, 4.69) is 9.36 Å². The quantitative estimate of drug-likeness (QED) is 0.181. The summed E-state index contributed by atoms with van der Waals surface area (Å²) in [6.45, 7) is 0. The first kappa shape index (κ1) is 31.4. The Bertz CT molecular complexity index is 972. The first-order chi connectivity index (χ1) is 14.5. The zero-order valence-corrected chi connectivity index (χ0v) is 22.1. The van der Waals surface area contributed by atoms with Crippen LogP contribution in [-0.4, -0.2) is 18.3 Å². The normalized spacial score (nSPS) is 10.1. The van der Waals surface area contributed by atoms with E-state index in [4.69, 9.17) is 68.2 Å². The molecular weight excluding hydrogens is 587 g/mol. The lowest BCUT2D eigenvalue weighted by Gasteiger charge is -1.99. The van der Waals surface area contributed by atoms with Crippen molar-refractivity contribution in [1.82, 2.24) is 9.36 Å². The van der Waals surface area contributed by atoms with Crippen molar-refractivity contribution < 1.29 is 8.78 Å². The molecule has 32 heavy (non-hydrogen) atoms. The number of nitrogens with one attached hydrogen (secondary N) is 1. The molecule has 0 saturated heterocycles. The van der Waals surface area contributed by atoms with E-state index in [0.717, 1.165) is 11.5 Å². The number of hydrogen-bond donors (Lipinski definition) is 2. The van der Waals surface area contributed by atoms with Gasteiger partial charge in [-0.2, -0.15) is 4.37 Å². The zero-order valence-electron chi connectivity index (χ0n) is 15.9. The molecule has 0 unspecified atom stereocenters. The molecule has 2 aromatic carbocycles. The van der Waals surface area contributed by atoms with Gasteiger partial charge in [0.15, 0.2) is 0 Å². The number of amidine groups is 1. The number of nitrogens with zero attached hydrogens (tertiary/aromatic N) is 2. The molecule has 0 aliphatic carbocycles. The van der Waals surface area contributed by atoms with Crippen LogP contribution in [0, 0.1) is 17.0 Å². The van der Waals surface area contributed by atoms with Crippen molar-refractivity contribution in [2.24, 2.45) is 5.73 Å². The average molecular weight is 603 g/mol. The minimum Gasteiger partial charge on any atom is -0.387 e. The van der Waals surface area contributed by atoms with Gasteiger partial charge in [0.1, 0.15) is 17.5 Å². The lowest BCUT2D eigenvalue weighted by Crippen LogP contribution is -2.13. The highest BCUT2D eigenvalue weighted by molar-refractivity contribution is 8.24. The summed E-state index contributed by atoms with van der Waals surface area (Å²) in [6.07, 6.45) is 0.572. The summed E-state index contributed by atoms with van der Waals surface area (Å²) in [5.41, 5.74) is 6.17. The van der Waals surface area contributed by atoms with Crippen molar-refractivity contribution in [1.29, 1.82) is 5.41 Å². The standard InChI is InChI=1S/C9H6ClFN2S.C8H9FN2.CCl4S.ClH/c10-9-12-8(13-14-9)5-6-3-1-2-4-7(6)11;9-7-4-2-1-3-6(7)5-8(10)11;2-1(3,4)6-5;/h1-4H,5H2;1-4H,5H2,(H3,10,11);;1H. The lowest BCUT2D eigenvalue weighted by molar-refractivity contribution is 0.612. The Hall–Kier alpha value is -0.580. The number of aromatic nitrogens is 2. The van der Waals surface area contributed by atoms with E-state index < -0.39 is 3.12 Å². The Morgan fingerprint density at radius 2 is 1.50 bits per heavy atom. The monoisotopic (exact) mass is 600 g/mol. The third-order valence-electron chi connectivity index (χ3n) is 3.18. The van der Waals surface area contributed by atoms with Gasteiger partial charge in [0, 0.05) is 23.8 Å². The Labute approximate surface area is 223 Å². The highest BCUT2D eigenvalue weighted by Crippen LogP contribution is 2.40. The summed E-state index contributed by atoms with van der Waals surface area (Å²) < 4.78 is 29.0. The fraction of sp³-hybridized carbons (Fsp3) is 0.167. The number of alkyl halides is 3. The minimum atomic E-state index is -1.36. The molecule has 0 radical (unpaired) electrons. The molecule has 14 heteroatoms. The highest BCUT2D eigenvalue weighted by Gasteiger charge is 2.17. The molecule has 0 atom stereocenters. The van der Waals surface area contributed by atoms with Gasteiger partial charge in [0.05, 0.1) is 5.84 Å². The highest BCUT2D eigenvalue weighted by atomic mass is 35.7. The molecule has 1 aromatic heterocycles. The van der Waals surface area contributed by atoms with Crippen LogP contribution >= 0.6 is 92.0 Å². The topological polar surface area (TPSA) is 75.7 Å². The molecule has 3 N–H and O–H groups in total. The SMILES string of the molecule is Cl.ClSC(Cl)(Cl)Cl.Fc1ccccc1Cc1nsc(Cl)n1.N=C(N)Cc1ccccc1F. The van der Waals surface area contributed by atoms with Gasteiger partial charge in [0.25, 0.3) is 3.12 Å². The number of benzene rings is 2. The Balaban J connectivity index is 0.000000480. The van der Waals surface area contributed by atoms with E-state index in [1.54, 1.807) is 36.4 Å². The van der Waals surface area contributed by atoms with Gasteiger partial charge in [-0.15, -0.1) is 12.4 Å². The van der Waals surface area contributed by atoms with Gasteiger partial charge in [-0.25, -0.2) is 13.8 Å². The van der Waals surface area contributed by atoms with E-state index >= 15 is 0 Å². The summed E-state index contributed by atoms with van der Waals surface area (Å²) in [6, 6.07) is 12.9. The van der Waals surface area contributed by atoms with Gasteiger partial charge in [-0.3, -0.25) is 5.41 Å². The Morgan fingerprint density at radius 1 is 1.03 bits per heavy atom. The van der Waals surface area contributed by atoms with E-state index in [-0.39, 0.29) is 36.3 Å². The number of nitrogens with two attached hydrogens (primary N) is 1. The lowest BCUT2D eigenvalue weighted by atomic mass is 10.1. The van der Waals surface area contributed by atoms with Crippen LogP contribution < -0.4 is 5.73 Å². The summed E-state index contributed by atoms with van der Waals surface area (Å²) in [5, 5.41) is 6.94. The fourth-order valence-electron chi connectivity index (χ4n) is 1.96. The molecule has 4 nitrogen and oxygen atoms in total. The molecule has 0 aliphatic heterocycles. The van der Waals surface area contributed by atoms with Gasteiger partial charge in [-0.05, 0) is 57.1 Å². The van der Waals surface area contributed by atoms with E-state index in [1.165, 1.54) is 12.1 Å². The molecule has 0 amide bonds. The number of rotatable bonds is 4. The van der Waals surface area contributed by atoms with Crippen LogP contribution in [0.15, 0.2) is 48.5 Å². The van der Waals surface area contributed by atoms with Crippen LogP contribution in [0.5, 0.6) is 0 Å². The van der Waals surface area contributed by atoms with Crippen molar-refractivity contribution in [3.05, 3.63) is 81.6 Å². The van der Waals surface area contributed by atoms with Crippen LogP contribution in [0.4, 0.5) is 8.78 Å². The fourth-order valence-corrected chi connectivity index (χ4v) is 2.60. The molecule has 0 saturated carbocycles. The molecule has 0 bridgehead atoms. The molecule has 3 rings (SSSR count). The molecular formula is C18H16Cl6F2N4S2. The van der Waals surface area contributed by atoms with Crippen molar-refractivity contribution in [3.8, 4) is 0 Å². The van der Waals surface area contributed by atoms with Gasteiger partial charge in [0.2, 0.25) is 4.47 Å². The van der Waals surface area contributed by atoms with Gasteiger partial charge < -0.3 is 5.73 Å². The molecule has 1 heterocycles. The maximum atomic E-state index is 13.2. The van der Waals surface area contributed by atoms with Crippen LogP contribution in [0.25, 0.3) is 0 Å². The van der Waals surface area contributed by atoms with Crippen molar-refractivity contribution in [2.75, 3.05) is 0 Å². The second-order valence-electron chi connectivity index (χ2n) is 5.55. The van der Waals surface area contributed by atoms with Crippen LogP contribution in [0.1, 0.15) is 17.0 Å². The number of hydrogen-bond acceptors (Lipinski definition) is 5. The van der Waals surface area contributed by atoms with Crippen molar-refractivity contribution in [3.63, 3.8) is 0 Å². The Kier molecular flexibility index (Phi) is 15.8. The van der Waals surface area contributed by atoms with E-state index in [0.29, 0.717) is 38.8 Å². The minimum absolute atomic E-state index is 0. The van der Waals surface area contributed by atoms with Gasteiger partial charge in [-0.1, -0.05) is 71.2 Å². The zero-order chi connectivity index (χ0) is 23.4. The third-order valence-corrected chi connectivity index (χ3v) is 6.29. The summed E-state index contributed by atoms with van der Waals surface area (Å²) in [7, 11) is 5.65. The van der Waals surface area contributed by atoms with Crippen LogP contribution in [0.3, 0.4) is 0 Å². The average Bonchev–Trinajstić information content (AvgIpc) is 3.10. The largest absolute Gasteiger partial charge is 0.387 e. The molecule has 176 valence electrons. The summed E-state index contributed by atoms with van der Waals surface area (Å²) in [4.78, 5) is 3.95. The Morgan fingerprint density at radius 3 is 1.88 bits per heavy atom. The van der Waals surface area contributed by atoms with Crippen LogP contribution in [-0.2, 0) is 12.8 Å².